The Hall–Kier alpha value is -1.27. The van der Waals surface area contributed by atoms with Crippen LogP contribution < -0.4 is 15.2 Å². The molecule has 0 aromatic heterocycles. The van der Waals surface area contributed by atoms with Crippen molar-refractivity contribution in [3.8, 4) is 5.75 Å². The Balaban J connectivity index is 2.30. The number of nitrogens with one attached hydrogen (secondary N) is 1. The lowest BCUT2D eigenvalue weighted by molar-refractivity contribution is 0.331. The summed E-state index contributed by atoms with van der Waals surface area (Å²) in [6.45, 7) is 4.30. The average Bonchev–Trinajstić information content (AvgIpc) is 2.77. The quantitative estimate of drug-likeness (QED) is 0.816. The molecular weight excluding hydrogens is 276 g/mol. The summed E-state index contributed by atoms with van der Waals surface area (Å²) in [4.78, 5) is 0.124. The first-order valence-electron chi connectivity index (χ1n) is 6.98. The van der Waals surface area contributed by atoms with Crippen molar-refractivity contribution in [2.45, 2.75) is 44.0 Å². The van der Waals surface area contributed by atoms with Gasteiger partial charge in [-0.1, -0.05) is 13.3 Å². The van der Waals surface area contributed by atoms with Crippen LogP contribution in [0, 0.1) is 5.92 Å². The molecule has 0 aliphatic heterocycles. The number of rotatable bonds is 5. The molecule has 112 valence electrons. The van der Waals surface area contributed by atoms with E-state index >= 15 is 0 Å². The molecule has 0 bridgehead atoms. The van der Waals surface area contributed by atoms with Gasteiger partial charge in [0, 0.05) is 11.7 Å². The normalized spacial score (nSPS) is 22.9. The van der Waals surface area contributed by atoms with E-state index < -0.39 is 10.0 Å². The largest absolute Gasteiger partial charge is 0.492 e. The molecule has 5 nitrogen and oxygen atoms in total. The first kappa shape index (κ1) is 15.1. The van der Waals surface area contributed by atoms with E-state index in [0.29, 0.717) is 24.0 Å². The summed E-state index contributed by atoms with van der Waals surface area (Å²) < 4.78 is 33.2. The minimum Gasteiger partial charge on any atom is -0.492 e. The van der Waals surface area contributed by atoms with Gasteiger partial charge in [0.1, 0.15) is 10.6 Å². The Kier molecular flexibility index (Phi) is 4.55. The standard InChI is InChI=1S/C14H22N2O3S/c1-3-19-13-8-7-11(15)9-14(13)20(17,18)16-12-6-4-5-10(12)2/h7-10,12,16H,3-6,15H2,1-2H3. The number of anilines is 1. The van der Waals surface area contributed by atoms with Gasteiger partial charge in [-0.25, -0.2) is 13.1 Å². The van der Waals surface area contributed by atoms with Gasteiger partial charge in [-0.15, -0.1) is 0 Å². The Morgan fingerprint density at radius 2 is 2.15 bits per heavy atom. The van der Waals surface area contributed by atoms with Crippen molar-refractivity contribution in [2.24, 2.45) is 5.92 Å². The summed E-state index contributed by atoms with van der Waals surface area (Å²) >= 11 is 0. The van der Waals surface area contributed by atoms with E-state index in [1.807, 2.05) is 6.92 Å². The smallest absolute Gasteiger partial charge is 0.244 e. The van der Waals surface area contributed by atoms with Crippen LogP contribution in [0.5, 0.6) is 5.75 Å². The summed E-state index contributed by atoms with van der Waals surface area (Å²) in [5, 5.41) is 0. The SMILES string of the molecule is CCOc1ccc(N)cc1S(=O)(=O)NC1CCCC1C. The van der Waals surface area contributed by atoms with Crippen molar-refractivity contribution in [3.63, 3.8) is 0 Å². The molecule has 2 rings (SSSR count). The molecule has 1 saturated carbocycles. The molecule has 2 atom stereocenters. The highest BCUT2D eigenvalue weighted by Crippen LogP contribution is 2.30. The zero-order valence-electron chi connectivity index (χ0n) is 11.9. The van der Waals surface area contributed by atoms with Crippen LogP contribution in [0.2, 0.25) is 0 Å². The van der Waals surface area contributed by atoms with E-state index in [1.165, 1.54) is 6.07 Å². The molecule has 0 radical (unpaired) electrons. The van der Waals surface area contributed by atoms with Crippen LogP contribution in [0.3, 0.4) is 0 Å². The fourth-order valence-corrected chi connectivity index (χ4v) is 4.15. The van der Waals surface area contributed by atoms with Gasteiger partial charge in [0.25, 0.3) is 0 Å². The highest BCUT2D eigenvalue weighted by molar-refractivity contribution is 7.89. The van der Waals surface area contributed by atoms with Crippen molar-refractivity contribution in [1.29, 1.82) is 0 Å². The highest BCUT2D eigenvalue weighted by atomic mass is 32.2. The predicted octanol–water partition coefficient (Wildman–Crippen LogP) is 2.13. The summed E-state index contributed by atoms with van der Waals surface area (Å²) in [5.41, 5.74) is 6.12. The van der Waals surface area contributed by atoms with Crippen LogP contribution in [0.1, 0.15) is 33.1 Å². The van der Waals surface area contributed by atoms with Crippen molar-refractivity contribution >= 4 is 15.7 Å². The minimum atomic E-state index is -3.61. The molecule has 6 heteroatoms. The molecule has 2 unspecified atom stereocenters. The third-order valence-corrected chi connectivity index (χ3v) is 5.24. The van der Waals surface area contributed by atoms with Crippen molar-refractivity contribution < 1.29 is 13.2 Å². The maximum absolute atomic E-state index is 12.5. The fourth-order valence-electron chi connectivity index (χ4n) is 2.59. The first-order chi connectivity index (χ1) is 9.44. The molecule has 0 saturated heterocycles. The molecule has 1 aliphatic carbocycles. The lowest BCUT2D eigenvalue weighted by Crippen LogP contribution is -2.36. The second-order valence-electron chi connectivity index (χ2n) is 5.28. The molecule has 3 N–H and O–H groups in total. The van der Waals surface area contributed by atoms with Gasteiger partial charge in [-0.2, -0.15) is 0 Å². The summed E-state index contributed by atoms with van der Waals surface area (Å²) in [6.07, 6.45) is 3.00. The van der Waals surface area contributed by atoms with Crippen molar-refractivity contribution in [2.75, 3.05) is 12.3 Å². The molecule has 1 fully saturated rings. The van der Waals surface area contributed by atoms with Gasteiger partial charge >= 0.3 is 0 Å². The first-order valence-corrected chi connectivity index (χ1v) is 8.47. The third kappa shape index (κ3) is 3.24. The molecule has 0 heterocycles. The van der Waals surface area contributed by atoms with E-state index in [-0.39, 0.29) is 10.9 Å². The Labute approximate surface area is 120 Å². The number of hydrogen-bond donors (Lipinski definition) is 2. The van der Waals surface area contributed by atoms with Crippen molar-refractivity contribution in [3.05, 3.63) is 18.2 Å². The minimum absolute atomic E-state index is 0.00379. The van der Waals surface area contributed by atoms with Gasteiger partial charge < -0.3 is 10.5 Å². The number of nitrogen functional groups attached to an aromatic ring is 1. The number of sulfonamides is 1. The topological polar surface area (TPSA) is 81.4 Å². The van der Waals surface area contributed by atoms with Crippen LogP contribution in [-0.2, 0) is 10.0 Å². The summed E-state index contributed by atoms with van der Waals surface area (Å²) in [6, 6.07) is 4.69. The lowest BCUT2D eigenvalue weighted by Gasteiger charge is -2.19. The number of benzene rings is 1. The van der Waals surface area contributed by atoms with Gasteiger partial charge in [0.15, 0.2) is 0 Å². The molecule has 1 aromatic carbocycles. The second-order valence-corrected chi connectivity index (χ2v) is 6.96. The van der Waals surface area contributed by atoms with Crippen LogP contribution in [0.25, 0.3) is 0 Å². The monoisotopic (exact) mass is 298 g/mol. The number of hydrogen-bond acceptors (Lipinski definition) is 4. The average molecular weight is 298 g/mol. The fraction of sp³-hybridized carbons (Fsp3) is 0.571. The molecule has 1 aromatic rings. The summed E-state index contributed by atoms with van der Waals surface area (Å²) in [5.74, 6) is 0.709. The number of nitrogens with two attached hydrogens (primary N) is 1. The maximum atomic E-state index is 12.5. The van der Waals surface area contributed by atoms with Crippen LogP contribution >= 0.6 is 0 Å². The Morgan fingerprint density at radius 1 is 1.40 bits per heavy atom. The van der Waals surface area contributed by atoms with Crippen LogP contribution in [0.15, 0.2) is 23.1 Å². The van der Waals surface area contributed by atoms with E-state index in [9.17, 15) is 8.42 Å². The van der Waals surface area contributed by atoms with E-state index in [1.54, 1.807) is 12.1 Å². The van der Waals surface area contributed by atoms with Crippen molar-refractivity contribution in [1.82, 2.24) is 4.72 Å². The Bertz CT molecular complexity index is 572. The van der Waals surface area contributed by atoms with E-state index in [4.69, 9.17) is 10.5 Å². The molecule has 0 amide bonds. The molecular formula is C14H22N2O3S. The number of ether oxygens (including phenoxy) is 1. The van der Waals surface area contributed by atoms with Gasteiger partial charge in [-0.05, 0) is 43.9 Å². The second kappa shape index (κ2) is 6.01. The predicted molar refractivity (Wildman–Crippen MR) is 79.1 cm³/mol. The highest BCUT2D eigenvalue weighted by Gasteiger charge is 2.30. The Morgan fingerprint density at radius 3 is 2.75 bits per heavy atom. The van der Waals surface area contributed by atoms with Crippen LogP contribution in [0.4, 0.5) is 5.69 Å². The maximum Gasteiger partial charge on any atom is 0.244 e. The van der Waals surface area contributed by atoms with Crippen LogP contribution in [-0.4, -0.2) is 21.1 Å². The zero-order chi connectivity index (χ0) is 14.8. The zero-order valence-corrected chi connectivity index (χ0v) is 12.7. The van der Waals surface area contributed by atoms with Gasteiger partial charge in [0.05, 0.1) is 6.61 Å². The molecule has 0 spiro atoms. The molecule has 20 heavy (non-hydrogen) atoms. The van der Waals surface area contributed by atoms with Gasteiger partial charge in [0.2, 0.25) is 10.0 Å². The van der Waals surface area contributed by atoms with E-state index in [2.05, 4.69) is 11.6 Å². The lowest BCUT2D eigenvalue weighted by atomic mass is 10.1. The van der Waals surface area contributed by atoms with E-state index in [0.717, 1.165) is 19.3 Å². The third-order valence-electron chi connectivity index (χ3n) is 3.73. The molecule has 1 aliphatic rings. The summed E-state index contributed by atoms with van der Waals surface area (Å²) in [7, 11) is -3.61. The van der Waals surface area contributed by atoms with Gasteiger partial charge in [-0.3, -0.25) is 0 Å².